The van der Waals surface area contributed by atoms with Crippen molar-refractivity contribution >= 4 is 17.5 Å². The number of hydrogen-bond acceptors (Lipinski definition) is 4. The van der Waals surface area contributed by atoms with Gasteiger partial charge in [-0.3, -0.25) is 4.79 Å². The average Bonchev–Trinajstić information content (AvgIpc) is 2.54. The van der Waals surface area contributed by atoms with Crippen LogP contribution in [0.2, 0.25) is 5.02 Å². The van der Waals surface area contributed by atoms with Gasteiger partial charge in [0.15, 0.2) is 0 Å². The normalized spacial score (nSPS) is 13.4. The van der Waals surface area contributed by atoms with Crippen LogP contribution >= 0.6 is 11.6 Å². The standard InChI is InChI=1S/C17H20ClN3O2/c1-11(22)8-14(13-6-4-3-5-7-13)9-20-17(23)16-15(18)10-19-12(2)21-16/h3-7,10-11,14,22H,8-9H2,1-2H3,(H,20,23). The summed E-state index contributed by atoms with van der Waals surface area (Å²) in [5, 5.41) is 12.8. The smallest absolute Gasteiger partial charge is 0.271 e. The number of hydrogen-bond donors (Lipinski definition) is 2. The number of aliphatic hydroxyl groups excluding tert-OH is 1. The minimum Gasteiger partial charge on any atom is -0.393 e. The van der Waals surface area contributed by atoms with Gasteiger partial charge in [-0.25, -0.2) is 9.97 Å². The van der Waals surface area contributed by atoms with Gasteiger partial charge in [-0.2, -0.15) is 0 Å². The number of aliphatic hydroxyl groups is 1. The van der Waals surface area contributed by atoms with Gasteiger partial charge >= 0.3 is 0 Å². The number of aryl methyl sites for hydroxylation is 1. The Bertz CT molecular complexity index is 662. The van der Waals surface area contributed by atoms with Crippen LogP contribution in [0.5, 0.6) is 0 Å². The summed E-state index contributed by atoms with van der Waals surface area (Å²) in [5.41, 5.74) is 1.24. The molecule has 0 radical (unpaired) electrons. The van der Waals surface area contributed by atoms with Gasteiger partial charge in [0, 0.05) is 12.5 Å². The van der Waals surface area contributed by atoms with Crippen molar-refractivity contribution in [3.63, 3.8) is 0 Å². The van der Waals surface area contributed by atoms with Crippen LogP contribution in [-0.2, 0) is 0 Å². The van der Waals surface area contributed by atoms with Gasteiger partial charge in [0.05, 0.1) is 17.3 Å². The van der Waals surface area contributed by atoms with E-state index in [1.807, 2.05) is 30.3 Å². The number of amides is 1. The van der Waals surface area contributed by atoms with Crippen LogP contribution in [-0.4, -0.2) is 33.6 Å². The molecular weight excluding hydrogens is 314 g/mol. The fraction of sp³-hybridized carbons (Fsp3) is 0.353. The van der Waals surface area contributed by atoms with Gasteiger partial charge in [0.1, 0.15) is 11.5 Å². The summed E-state index contributed by atoms with van der Waals surface area (Å²) >= 11 is 5.98. The molecule has 1 amide bonds. The molecular formula is C17H20ClN3O2. The van der Waals surface area contributed by atoms with Gasteiger partial charge < -0.3 is 10.4 Å². The predicted octanol–water partition coefficient (Wildman–Crippen LogP) is 2.72. The third kappa shape index (κ3) is 5.01. The average molecular weight is 334 g/mol. The molecule has 0 aliphatic rings. The van der Waals surface area contributed by atoms with Crippen molar-refractivity contribution in [3.8, 4) is 0 Å². The molecule has 5 nitrogen and oxygen atoms in total. The lowest BCUT2D eigenvalue weighted by molar-refractivity contribution is 0.0940. The molecule has 0 bridgehead atoms. The Balaban J connectivity index is 2.09. The largest absolute Gasteiger partial charge is 0.393 e. The maximum absolute atomic E-state index is 12.3. The fourth-order valence-corrected chi connectivity index (χ4v) is 2.57. The Hall–Kier alpha value is -1.98. The Labute approximate surface area is 140 Å². The van der Waals surface area contributed by atoms with E-state index in [2.05, 4.69) is 15.3 Å². The van der Waals surface area contributed by atoms with Crippen molar-refractivity contribution < 1.29 is 9.90 Å². The summed E-state index contributed by atoms with van der Waals surface area (Å²) in [4.78, 5) is 20.3. The van der Waals surface area contributed by atoms with Gasteiger partial charge in [0.2, 0.25) is 0 Å². The zero-order valence-electron chi connectivity index (χ0n) is 13.2. The van der Waals surface area contributed by atoms with Crippen molar-refractivity contribution in [1.82, 2.24) is 15.3 Å². The van der Waals surface area contributed by atoms with Crippen molar-refractivity contribution in [3.05, 3.63) is 58.6 Å². The minimum absolute atomic E-state index is 0.0156. The molecule has 0 saturated heterocycles. The highest BCUT2D eigenvalue weighted by Crippen LogP contribution is 2.21. The van der Waals surface area contributed by atoms with E-state index in [-0.39, 0.29) is 22.5 Å². The SMILES string of the molecule is Cc1ncc(Cl)c(C(=O)NCC(CC(C)O)c2ccccc2)n1. The zero-order chi connectivity index (χ0) is 16.8. The number of nitrogens with zero attached hydrogens (tertiary/aromatic N) is 2. The lowest BCUT2D eigenvalue weighted by Gasteiger charge is -2.19. The first-order valence-corrected chi connectivity index (χ1v) is 7.85. The molecule has 0 aliphatic carbocycles. The molecule has 0 aliphatic heterocycles. The van der Waals surface area contributed by atoms with E-state index in [1.165, 1.54) is 6.20 Å². The number of carbonyl (C=O) groups is 1. The molecule has 2 atom stereocenters. The molecule has 1 aromatic carbocycles. The highest BCUT2D eigenvalue weighted by molar-refractivity contribution is 6.33. The van der Waals surface area contributed by atoms with Crippen LogP contribution in [0.3, 0.4) is 0 Å². The second-order valence-electron chi connectivity index (χ2n) is 5.52. The Kier molecular flexibility index (Phi) is 6.07. The number of rotatable bonds is 6. The summed E-state index contributed by atoms with van der Waals surface area (Å²) in [7, 11) is 0. The molecule has 2 N–H and O–H groups in total. The summed E-state index contributed by atoms with van der Waals surface area (Å²) in [6.07, 6.45) is 1.52. The van der Waals surface area contributed by atoms with Gasteiger partial charge in [-0.05, 0) is 25.8 Å². The van der Waals surface area contributed by atoms with Crippen molar-refractivity contribution in [2.24, 2.45) is 0 Å². The second-order valence-corrected chi connectivity index (χ2v) is 5.92. The molecule has 1 aromatic heterocycles. The number of benzene rings is 1. The fourth-order valence-electron chi connectivity index (χ4n) is 2.39. The van der Waals surface area contributed by atoms with Crippen LogP contribution in [0, 0.1) is 6.92 Å². The Morgan fingerprint density at radius 2 is 2.04 bits per heavy atom. The number of aromatic nitrogens is 2. The topological polar surface area (TPSA) is 75.1 Å². The molecule has 2 aromatic rings. The van der Waals surface area contributed by atoms with Gasteiger partial charge in [-0.1, -0.05) is 41.9 Å². The minimum atomic E-state index is -0.456. The molecule has 6 heteroatoms. The van der Waals surface area contributed by atoms with Crippen molar-refractivity contribution in [2.75, 3.05) is 6.54 Å². The van der Waals surface area contributed by atoms with E-state index < -0.39 is 6.10 Å². The second kappa shape index (κ2) is 8.04. The molecule has 0 spiro atoms. The highest BCUT2D eigenvalue weighted by Gasteiger charge is 2.18. The molecule has 23 heavy (non-hydrogen) atoms. The Morgan fingerprint density at radius 3 is 2.70 bits per heavy atom. The molecule has 0 fully saturated rings. The quantitative estimate of drug-likeness (QED) is 0.852. The highest BCUT2D eigenvalue weighted by atomic mass is 35.5. The van der Waals surface area contributed by atoms with Crippen molar-refractivity contribution in [1.29, 1.82) is 0 Å². The molecule has 2 rings (SSSR count). The van der Waals surface area contributed by atoms with Crippen molar-refractivity contribution in [2.45, 2.75) is 32.3 Å². The van der Waals surface area contributed by atoms with Crippen LogP contribution in [0.4, 0.5) is 0 Å². The van der Waals surface area contributed by atoms with Crippen LogP contribution < -0.4 is 5.32 Å². The predicted molar refractivity (Wildman–Crippen MR) is 89.6 cm³/mol. The van der Waals surface area contributed by atoms with Crippen LogP contribution in [0.15, 0.2) is 36.5 Å². The number of nitrogens with one attached hydrogen (secondary N) is 1. The molecule has 122 valence electrons. The first-order valence-electron chi connectivity index (χ1n) is 7.47. The first-order chi connectivity index (χ1) is 11.0. The zero-order valence-corrected chi connectivity index (χ0v) is 13.9. The molecule has 0 saturated carbocycles. The number of halogens is 1. The lowest BCUT2D eigenvalue weighted by Crippen LogP contribution is -2.30. The monoisotopic (exact) mass is 333 g/mol. The maximum atomic E-state index is 12.3. The van der Waals surface area contributed by atoms with E-state index in [0.29, 0.717) is 18.8 Å². The van der Waals surface area contributed by atoms with E-state index >= 15 is 0 Å². The summed E-state index contributed by atoms with van der Waals surface area (Å²) in [6, 6.07) is 9.79. The van der Waals surface area contributed by atoms with Crippen LogP contribution in [0.1, 0.15) is 41.1 Å². The lowest BCUT2D eigenvalue weighted by atomic mass is 9.93. The first kappa shape index (κ1) is 17.4. The van der Waals surface area contributed by atoms with E-state index in [1.54, 1.807) is 13.8 Å². The van der Waals surface area contributed by atoms with Gasteiger partial charge in [0.25, 0.3) is 5.91 Å². The Morgan fingerprint density at radius 1 is 1.35 bits per heavy atom. The van der Waals surface area contributed by atoms with E-state index in [0.717, 1.165) is 5.56 Å². The van der Waals surface area contributed by atoms with Crippen LogP contribution in [0.25, 0.3) is 0 Å². The third-order valence-electron chi connectivity index (χ3n) is 3.49. The molecule has 1 heterocycles. The molecule has 2 unspecified atom stereocenters. The van der Waals surface area contributed by atoms with E-state index in [4.69, 9.17) is 11.6 Å². The van der Waals surface area contributed by atoms with E-state index in [9.17, 15) is 9.90 Å². The number of carbonyl (C=O) groups excluding carboxylic acids is 1. The maximum Gasteiger partial charge on any atom is 0.271 e. The summed E-state index contributed by atoms with van der Waals surface area (Å²) < 4.78 is 0. The summed E-state index contributed by atoms with van der Waals surface area (Å²) in [5.74, 6) is 0.164. The summed E-state index contributed by atoms with van der Waals surface area (Å²) in [6.45, 7) is 3.84. The third-order valence-corrected chi connectivity index (χ3v) is 3.76. The van der Waals surface area contributed by atoms with Gasteiger partial charge in [-0.15, -0.1) is 0 Å².